The number of Topliss-reactive ketones (excluding diaryl/α,β-unsaturated/α-hetero) is 1. The molecule has 3 rings (SSSR count). The van der Waals surface area contributed by atoms with E-state index >= 15 is 0 Å². The second kappa shape index (κ2) is 14.2. The summed E-state index contributed by atoms with van der Waals surface area (Å²) in [5, 5.41) is 10.5. The zero-order valence-electron chi connectivity index (χ0n) is 19.2. The molecule has 0 bridgehead atoms. The van der Waals surface area contributed by atoms with E-state index in [0.29, 0.717) is 17.0 Å². The molecule has 6 nitrogen and oxygen atoms in total. The van der Waals surface area contributed by atoms with E-state index in [9.17, 15) is 9.59 Å². The Labute approximate surface area is 199 Å². The van der Waals surface area contributed by atoms with Crippen LogP contribution in [0.3, 0.4) is 0 Å². The predicted octanol–water partition coefficient (Wildman–Crippen LogP) is 5.76. The monoisotopic (exact) mass is 460 g/mol. The largest absolute Gasteiger partial charge is 0.320 e. The van der Waals surface area contributed by atoms with Gasteiger partial charge >= 0.3 is 0 Å². The summed E-state index contributed by atoms with van der Waals surface area (Å²) >= 11 is 1.16. The number of hydrogen-bond acceptors (Lipinski definition) is 5. The standard InChI is InChI=1S/C19H19N3O2S.C5H6.C2H3N/c1-12(2)7-8-14-11-15(16-6-4-5-9-22(14)16)18(23)19(24)20-17-10-13(3)21-25-17;1-3-5-4-2;1-2-3/h4-6,9-11H,1,7-8H2,2-3H3,(H,20,24);1,4H,2,5H2;1H3. The van der Waals surface area contributed by atoms with Crippen molar-refractivity contribution >= 4 is 33.7 Å². The number of ketones is 1. The summed E-state index contributed by atoms with van der Waals surface area (Å²) in [7, 11) is 0. The molecule has 0 aliphatic rings. The van der Waals surface area contributed by atoms with Gasteiger partial charge in [0.25, 0.3) is 11.7 Å². The van der Waals surface area contributed by atoms with Crippen molar-refractivity contribution in [3.8, 4) is 18.4 Å². The van der Waals surface area contributed by atoms with Crippen LogP contribution in [0.4, 0.5) is 5.00 Å². The second-order valence-corrected chi connectivity index (χ2v) is 7.80. The van der Waals surface area contributed by atoms with Gasteiger partial charge in [-0.25, -0.2) is 0 Å². The Morgan fingerprint density at radius 2 is 2.06 bits per heavy atom. The molecule has 0 aromatic carbocycles. The number of nitrogens with zero attached hydrogens (tertiary/aromatic N) is 3. The number of nitriles is 1. The van der Waals surface area contributed by atoms with Crippen molar-refractivity contribution in [3.63, 3.8) is 0 Å². The Hall–Kier alpha value is -3.94. The predicted molar refractivity (Wildman–Crippen MR) is 135 cm³/mol. The maximum atomic E-state index is 12.7. The number of pyridine rings is 1. The fourth-order valence-electron chi connectivity index (χ4n) is 2.74. The summed E-state index contributed by atoms with van der Waals surface area (Å²) in [6.45, 7) is 12.6. The minimum absolute atomic E-state index is 0.413. The van der Waals surface area contributed by atoms with Gasteiger partial charge in [0, 0.05) is 25.2 Å². The molecular weight excluding hydrogens is 432 g/mol. The minimum atomic E-state index is -0.647. The first-order valence-electron chi connectivity index (χ1n) is 10.2. The lowest BCUT2D eigenvalue weighted by Crippen LogP contribution is -2.22. The highest BCUT2D eigenvalue weighted by molar-refractivity contribution is 7.10. The molecule has 33 heavy (non-hydrogen) atoms. The van der Waals surface area contributed by atoms with Crippen LogP contribution in [0.5, 0.6) is 0 Å². The van der Waals surface area contributed by atoms with Gasteiger partial charge in [0.1, 0.15) is 5.00 Å². The number of fused-ring (bicyclic) bond motifs is 1. The number of terminal acetylenes is 1. The summed E-state index contributed by atoms with van der Waals surface area (Å²) in [4.78, 5) is 25.0. The Morgan fingerprint density at radius 3 is 2.58 bits per heavy atom. The van der Waals surface area contributed by atoms with Crippen LogP contribution in [0.1, 0.15) is 48.4 Å². The number of carbonyl (C=O) groups is 2. The van der Waals surface area contributed by atoms with E-state index < -0.39 is 11.7 Å². The molecular formula is C26H28N4O2S. The van der Waals surface area contributed by atoms with Gasteiger partial charge < -0.3 is 9.72 Å². The highest BCUT2D eigenvalue weighted by Crippen LogP contribution is 2.21. The normalized spacial score (nSPS) is 9.24. The summed E-state index contributed by atoms with van der Waals surface area (Å²) in [5.74, 6) is 1.21. The molecule has 0 aliphatic heterocycles. The second-order valence-electron chi connectivity index (χ2n) is 7.00. The van der Waals surface area contributed by atoms with Gasteiger partial charge in [-0.15, -0.1) is 25.5 Å². The molecule has 0 unspecified atom stereocenters. The smallest absolute Gasteiger partial charge is 0.297 e. The topological polar surface area (TPSA) is 87.3 Å². The average molecular weight is 461 g/mol. The van der Waals surface area contributed by atoms with E-state index in [1.54, 1.807) is 24.3 Å². The summed E-state index contributed by atoms with van der Waals surface area (Å²) in [5.41, 5.74) is 4.03. The molecule has 1 N–H and O–H groups in total. The van der Waals surface area contributed by atoms with Crippen molar-refractivity contribution < 1.29 is 9.59 Å². The quantitative estimate of drug-likeness (QED) is 0.210. The van der Waals surface area contributed by atoms with Crippen LogP contribution in [0.15, 0.2) is 61.3 Å². The Bertz CT molecular complexity index is 1210. The van der Waals surface area contributed by atoms with Gasteiger partial charge in [-0.05, 0) is 62.5 Å². The van der Waals surface area contributed by atoms with Crippen LogP contribution < -0.4 is 5.32 Å². The number of amides is 1. The SMILES string of the molecule is C#CCC=C.C=C(C)CCc1cc(C(=O)C(=O)Nc2cc(C)ns2)c2ccccn12.CC#N. The van der Waals surface area contributed by atoms with Gasteiger partial charge in [0.05, 0.1) is 22.8 Å². The van der Waals surface area contributed by atoms with Crippen LogP contribution in [0, 0.1) is 30.6 Å². The molecule has 0 aliphatic carbocycles. The van der Waals surface area contributed by atoms with Crippen molar-refractivity contribution in [2.24, 2.45) is 0 Å². The third-order valence-corrected chi connectivity index (χ3v) is 4.94. The maximum Gasteiger partial charge on any atom is 0.297 e. The number of carbonyl (C=O) groups excluding carboxylic acids is 2. The summed E-state index contributed by atoms with van der Waals surface area (Å²) in [6, 6.07) is 10.9. The maximum absolute atomic E-state index is 12.7. The van der Waals surface area contributed by atoms with Crippen LogP contribution >= 0.6 is 11.5 Å². The van der Waals surface area contributed by atoms with Crippen molar-refractivity contribution in [3.05, 3.63) is 78.3 Å². The Morgan fingerprint density at radius 1 is 1.36 bits per heavy atom. The van der Waals surface area contributed by atoms with Crippen molar-refractivity contribution in [1.29, 1.82) is 5.26 Å². The molecule has 3 aromatic heterocycles. The zero-order chi connectivity index (χ0) is 24.8. The molecule has 0 spiro atoms. The van der Waals surface area contributed by atoms with Gasteiger partial charge in [-0.3, -0.25) is 9.59 Å². The minimum Gasteiger partial charge on any atom is -0.320 e. The Balaban J connectivity index is 0.000000591. The molecule has 0 saturated carbocycles. The molecule has 7 heteroatoms. The summed E-state index contributed by atoms with van der Waals surface area (Å²) in [6.07, 6.45) is 10.7. The molecule has 0 radical (unpaired) electrons. The van der Waals surface area contributed by atoms with Crippen LogP contribution in [0.25, 0.3) is 5.52 Å². The first-order valence-corrected chi connectivity index (χ1v) is 10.9. The van der Waals surface area contributed by atoms with E-state index in [2.05, 4.69) is 28.8 Å². The third-order valence-electron chi connectivity index (χ3n) is 4.14. The summed E-state index contributed by atoms with van der Waals surface area (Å²) < 4.78 is 6.06. The number of aromatic nitrogens is 2. The fourth-order valence-corrected chi connectivity index (χ4v) is 3.39. The first-order chi connectivity index (χ1) is 15.8. The molecule has 0 fully saturated rings. The molecule has 1 amide bonds. The lowest BCUT2D eigenvalue weighted by atomic mass is 10.1. The number of anilines is 1. The zero-order valence-corrected chi connectivity index (χ0v) is 20.0. The van der Waals surface area contributed by atoms with Crippen molar-refractivity contribution in [1.82, 2.24) is 8.77 Å². The molecule has 0 atom stereocenters. The van der Waals surface area contributed by atoms with E-state index in [-0.39, 0.29) is 0 Å². The highest BCUT2D eigenvalue weighted by Gasteiger charge is 2.22. The first kappa shape index (κ1) is 27.1. The van der Waals surface area contributed by atoms with E-state index in [0.717, 1.165) is 46.9 Å². The van der Waals surface area contributed by atoms with Crippen LogP contribution in [-0.4, -0.2) is 20.5 Å². The molecule has 170 valence electrons. The van der Waals surface area contributed by atoms with E-state index in [4.69, 9.17) is 11.7 Å². The average Bonchev–Trinajstić information content (AvgIpc) is 3.36. The fraction of sp³-hybridized carbons (Fsp3) is 0.231. The number of hydrogen-bond donors (Lipinski definition) is 1. The van der Waals surface area contributed by atoms with Gasteiger partial charge in [0.15, 0.2) is 0 Å². The van der Waals surface area contributed by atoms with Gasteiger partial charge in [-0.2, -0.15) is 9.64 Å². The number of allylic oxidation sites excluding steroid dienone is 2. The van der Waals surface area contributed by atoms with Gasteiger partial charge in [-0.1, -0.05) is 17.7 Å². The van der Waals surface area contributed by atoms with Gasteiger partial charge in [0.2, 0.25) is 0 Å². The molecule has 3 heterocycles. The van der Waals surface area contributed by atoms with Crippen LogP contribution in [-0.2, 0) is 11.2 Å². The molecule has 0 saturated heterocycles. The van der Waals surface area contributed by atoms with E-state index in [1.807, 2.05) is 42.6 Å². The number of aryl methyl sites for hydroxylation is 2. The number of nitrogens with one attached hydrogen (secondary N) is 1. The van der Waals surface area contributed by atoms with Crippen molar-refractivity contribution in [2.45, 2.75) is 40.0 Å². The number of rotatable bonds is 7. The van der Waals surface area contributed by atoms with Crippen LogP contribution in [0.2, 0.25) is 0 Å². The third kappa shape index (κ3) is 8.60. The Kier molecular flexibility index (Phi) is 11.6. The molecule has 3 aromatic rings. The lowest BCUT2D eigenvalue weighted by Gasteiger charge is -2.02. The lowest BCUT2D eigenvalue weighted by molar-refractivity contribution is -0.112. The van der Waals surface area contributed by atoms with Crippen molar-refractivity contribution in [2.75, 3.05) is 5.32 Å². The highest BCUT2D eigenvalue weighted by atomic mass is 32.1. The van der Waals surface area contributed by atoms with E-state index in [1.165, 1.54) is 6.92 Å².